The number of hydrogen-bond donors (Lipinski definition) is 0. The van der Waals surface area contributed by atoms with Crippen LogP contribution in [-0.2, 0) is 19.4 Å². The standard InChI is InChI=1S/C53H102N/c1-4-7-10-13-16-19-22-25-27-29-31-34-37-40-43-46-52-49-53(47-44-41-38-35-32-30-28-26-23-20-17-14-11-8-5-2)51-54(50-52)48-45-42-39-36-33-24-21-18-15-12-9-6-3/h49-51H,4-48H2,1-3H3/q+1. The van der Waals surface area contributed by atoms with Crippen molar-refractivity contribution in [2.24, 2.45) is 0 Å². The fourth-order valence-corrected chi connectivity index (χ4v) is 8.71. The molecular formula is C53H102N+. The molecule has 0 amide bonds. The van der Waals surface area contributed by atoms with Gasteiger partial charge in [0, 0.05) is 17.5 Å². The number of unbranched alkanes of at least 4 members (excludes halogenated alkanes) is 39. The van der Waals surface area contributed by atoms with Crippen LogP contribution in [0.15, 0.2) is 18.5 Å². The first kappa shape index (κ1) is 51.2. The van der Waals surface area contributed by atoms with Crippen molar-refractivity contribution < 1.29 is 4.57 Å². The SMILES string of the molecule is CCCCCCCCCCCCCCCCCc1cc(CCCCCCCCCCCCCCCCC)c[n+](CCCCCCCCCCCCCC)c1. The molecule has 0 saturated heterocycles. The minimum Gasteiger partial charge on any atom is -0.205 e. The van der Waals surface area contributed by atoms with E-state index in [1.807, 2.05) is 0 Å². The smallest absolute Gasteiger partial charge is 0.171 e. The summed E-state index contributed by atoms with van der Waals surface area (Å²) in [6, 6.07) is 2.59. The van der Waals surface area contributed by atoms with Crippen molar-refractivity contribution in [1.82, 2.24) is 0 Å². The molecule has 318 valence electrons. The number of pyridine rings is 1. The number of nitrogens with zero attached hydrogens (tertiary/aromatic N) is 1. The van der Waals surface area contributed by atoms with Gasteiger partial charge in [0.15, 0.2) is 12.4 Å². The van der Waals surface area contributed by atoms with Crippen molar-refractivity contribution in [1.29, 1.82) is 0 Å². The van der Waals surface area contributed by atoms with Gasteiger partial charge in [0.25, 0.3) is 0 Å². The van der Waals surface area contributed by atoms with E-state index in [4.69, 9.17) is 0 Å². The molecule has 1 rings (SSSR count). The summed E-state index contributed by atoms with van der Waals surface area (Å²) < 4.78 is 2.59. The van der Waals surface area contributed by atoms with Crippen LogP contribution in [0, 0.1) is 0 Å². The Morgan fingerprint density at radius 3 is 0.704 bits per heavy atom. The molecule has 54 heavy (non-hydrogen) atoms. The van der Waals surface area contributed by atoms with Crippen molar-refractivity contribution in [3.05, 3.63) is 29.6 Å². The third kappa shape index (κ3) is 36.8. The zero-order valence-electron chi connectivity index (χ0n) is 38.0. The molecular weight excluding hydrogens is 651 g/mol. The predicted octanol–water partition coefficient (Wildman–Crippen LogP) is 18.5. The van der Waals surface area contributed by atoms with E-state index in [-0.39, 0.29) is 0 Å². The van der Waals surface area contributed by atoms with Gasteiger partial charge >= 0.3 is 0 Å². The first-order valence-electron chi connectivity index (χ1n) is 25.8. The Hall–Kier alpha value is -0.850. The summed E-state index contributed by atoms with van der Waals surface area (Å²) in [5, 5.41) is 0. The highest BCUT2D eigenvalue weighted by Gasteiger charge is 2.09. The normalized spacial score (nSPS) is 11.6. The third-order valence-electron chi connectivity index (χ3n) is 12.4. The highest BCUT2D eigenvalue weighted by atomic mass is 14.9. The summed E-state index contributed by atoms with van der Waals surface area (Å²) in [6.07, 6.45) is 68.3. The molecule has 1 aromatic rings. The van der Waals surface area contributed by atoms with Crippen LogP contribution in [0.5, 0.6) is 0 Å². The molecule has 1 heteroatoms. The molecule has 0 aliphatic carbocycles. The zero-order valence-corrected chi connectivity index (χ0v) is 38.0. The highest BCUT2D eigenvalue weighted by Crippen LogP contribution is 2.18. The Kier molecular flexibility index (Phi) is 41.0. The van der Waals surface area contributed by atoms with E-state index in [0.717, 1.165) is 0 Å². The molecule has 1 nitrogen and oxygen atoms in total. The first-order chi connectivity index (χ1) is 26.8. The van der Waals surface area contributed by atoms with E-state index in [0.29, 0.717) is 0 Å². The summed E-state index contributed by atoms with van der Waals surface area (Å²) in [4.78, 5) is 0. The van der Waals surface area contributed by atoms with Crippen LogP contribution in [0.4, 0.5) is 0 Å². The molecule has 0 spiro atoms. The van der Waals surface area contributed by atoms with Gasteiger partial charge in [0.05, 0.1) is 0 Å². The van der Waals surface area contributed by atoms with Crippen LogP contribution >= 0.6 is 0 Å². The molecule has 1 aromatic heterocycles. The number of rotatable bonds is 45. The number of hydrogen-bond acceptors (Lipinski definition) is 0. The topological polar surface area (TPSA) is 3.88 Å². The zero-order chi connectivity index (χ0) is 38.7. The lowest BCUT2D eigenvalue weighted by molar-refractivity contribution is -0.698. The molecule has 0 aromatic carbocycles. The molecule has 0 fully saturated rings. The van der Waals surface area contributed by atoms with Crippen LogP contribution in [-0.4, -0.2) is 0 Å². The van der Waals surface area contributed by atoms with E-state index in [1.54, 1.807) is 11.1 Å². The van der Waals surface area contributed by atoms with Crippen LogP contribution in [0.2, 0.25) is 0 Å². The molecule has 0 bridgehead atoms. The van der Waals surface area contributed by atoms with Gasteiger partial charge in [0.2, 0.25) is 0 Å². The van der Waals surface area contributed by atoms with Gasteiger partial charge in [-0.1, -0.05) is 265 Å². The Balaban J connectivity index is 2.28. The van der Waals surface area contributed by atoms with Gasteiger partial charge in [0.1, 0.15) is 6.54 Å². The molecule has 0 aliphatic heterocycles. The summed E-state index contributed by atoms with van der Waals surface area (Å²) in [5.74, 6) is 0. The molecule has 0 unspecified atom stereocenters. The van der Waals surface area contributed by atoms with Crippen LogP contribution in [0.3, 0.4) is 0 Å². The van der Waals surface area contributed by atoms with Gasteiger partial charge in [-0.2, -0.15) is 0 Å². The van der Waals surface area contributed by atoms with Crippen LogP contribution in [0.25, 0.3) is 0 Å². The second-order valence-corrected chi connectivity index (χ2v) is 18.1. The third-order valence-corrected chi connectivity index (χ3v) is 12.4. The quantitative estimate of drug-likeness (QED) is 0.0461. The molecule has 0 aliphatic rings. The van der Waals surface area contributed by atoms with Crippen LogP contribution < -0.4 is 4.57 Å². The lowest BCUT2D eigenvalue weighted by Gasteiger charge is -2.08. The van der Waals surface area contributed by atoms with Crippen molar-refractivity contribution in [3.63, 3.8) is 0 Å². The second-order valence-electron chi connectivity index (χ2n) is 18.1. The first-order valence-corrected chi connectivity index (χ1v) is 25.8. The molecule has 0 radical (unpaired) electrons. The Morgan fingerprint density at radius 1 is 0.259 bits per heavy atom. The maximum Gasteiger partial charge on any atom is 0.171 e. The van der Waals surface area contributed by atoms with Gasteiger partial charge < -0.3 is 0 Å². The number of aryl methyl sites for hydroxylation is 3. The maximum absolute atomic E-state index is 2.59. The van der Waals surface area contributed by atoms with E-state index in [9.17, 15) is 0 Å². The average Bonchev–Trinajstić information content (AvgIpc) is 3.18. The van der Waals surface area contributed by atoms with Gasteiger partial charge in [-0.15, -0.1) is 0 Å². The molecule has 1 heterocycles. The van der Waals surface area contributed by atoms with Crippen molar-refractivity contribution >= 4 is 0 Å². The van der Waals surface area contributed by atoms with Gasteiger partial charge in [-0.25, -0.2) is 4.57 Å². The van der Waals surface area contributed by atoms with E-state index >= 15 is 0 Å². The summed E-state index contributed by atoms with van der Waals surface area (Å²) in [7, 11) is 0. The minimum absolute atomic E-state index is 1.22. The van der Waals surface area contributed by atoms with E-state index in [2.05, 4.69) is 43.8 Å². The monoisotopic (exact) mass is 753 g/mol. The highest BCUT2D eigenvalue weighted by molar-refractivity contribution is 5.15. The summed E-state index contributed by atoms with van der Waals surface area (Å²) in [5.41, 5.74) is 3.23. The minimum atomic E-state index is 1.22. The lowest BCUT2D eigenvalue weighted by Crippen LogP contribution is -2.34. The maximum atomic E-state index is 2.59. The van der Waals surface area contributed by atoms with Gasteiger partial charge in [-0.3, -0.25) is 0 Å². The summed E-state index contributed by atoms with van der Waals surface area (Å²) in [6.45, 7) is 8.17. The fourth-order valence-electron chi connectivity index (χ4n) is 8.71. The average molecular weight is 753 g/mol. The Labute approximate surface area is 342 Å². The molecule has 0 atom stereocenters. The van der Waals surface area contributed by atoms with E-state index < -0.39 is 0 Å². The van der Waals surface area contributed by atoms with Crippen LogP contribution in [0.1, 0.15) is 302 Å². The van der Waals surface area contributed by atoms with Crippen molar-refractivity contribution in [2.45, 2.75) is 310 Å². The molecule has 0 N–H and O–H groups in total. The van der Waals surface area contributed by atoms with E-state index in [1.165, 1.54) is 289 Å². The largest absolute Gasteiger partial charge is 0.205 e. The van der Waals surface area contributed by atoms with Crippen molar-refractivity contribution in [3.8, 4) is 0 Å². The summed E-state index contributed by atoms with van der Waals surface area (Å²) >= 11 is 0. The van der Waals surface area contributed by atoms with Gasteiger partial charge in [-0.05, 0) is 38.2 Å². The Morgan fingerprint density at radius 2 is 0.463 bits per heavy atom. The second kappa shape index (κ2) is 43.3. The molecule has 0 saturated carbocycles. The predicted molar refractivity (Wildman–Crippen MR) is 245 cm³/mol. The van der Waals surface area contributed by atoms with Crippen molar-refractivity contribution in [2.75, 3.05) is 0 Å². The number of aromatic nitrogens is 1. The fraction of sp³-hybridized carbons (Fsp3) is 0.906. The lowest BCUT2D eigenvalue weighted by atomic mass is 10.0. The Bertz CT molecular complexity index is 791.